The molecule has 0 atom stereocenters. The summed E-state index contributed by atoms with van der Waals surface area (Å²) in [6.07, 6.45) is 6.32. The van der Waals surface area contributed by atoms with Crippen LogP contribution in [0.2, 0.25) is 0 Å². The van der Waals surface area contributed by atoms with E-state index in [-0.39, 0.29) is 11.5 Å². The highest BCUT2D eigenvalue weighted by molar-refractivity contribution is 6.08. The summed E-state index contributed by atoms with van der Waals surface area (Å²) in [5.41, 5.74) is 1.32. The lowest BCUT2D eigenvalue weighted by Gasteiger charge is -2.00. The molecule has 0 aliphatic rings. The van der Waals surface area contributed by atoms with E-state index in [1.165, 1.54) is 12.1 Å². The fraction of sp³-hybridized carbons (Fsp3) is 0.400. The molecule has 0 radical (unpaired) electrons. The molecule has 0 amide bonds. The maximum Gasteiger partial charge on any atom is 0.270 e. The lowest BCUT2D eigenvalue weighted by Crippen LogP contribution is -1.98. The summed E-state index contributed by atoms with van der Waals surface area (Å²) in [5, 5.41) is 11.4. The van der Waals surface area contributed by atoms with Crippen LogP contribution in [0.15, 0.2) is 24.4 Å². The van der Waals surface area contributed by atoms with Crippen molar-refractivity contribution in [2.24, 2.45) is 0 Å². The van der Waals surface area contributed by atoms with E-state index in [4.69, 9.17) is 0 Å². The van der Waals surface area contributed by atoms with Gasteiger partial charge in [-0.3, -0.25) is 14.9 Å². The Balaban J connectivity index is 2.18. The number of ketones is 1. The van der Waals surface area contributed by atoms with E-state index in [0.717, 1.165) is 31.2 Å². The van der Waals surface area contributed by atoms with Gasteiger partial charge < -0.3 is 4.98 Å². The number of non-ortho nitro benzene ring substituents is 1. The number of hydrogen-bond acceptors (Lipinski definition) is 3. The van der Waals surface area contributed by atoms with Gasteiger partial charge in [0, 0.05) is 41.2 Å². The molecule has 0 bridgehead atoms. The number of nitro benzene ring substituents is 1. The molecule has 20 heavy (non-hydrogen) atoms. The molecule has 0 unspecified atom stereocenters. The van der Waals surface area contributed by atoms with Gasteiger partial charge in [-0.05, 0) is 12.5 Å². The van der Waals surface area contributed by atoms with Crippen LogP contribution in [0.3, 0.4) is 0 Å². The SMILES string of the molecule is CCCCCCC(=O)c1c[nH]c2ccc([N+](=O)[O-])cc12. The van der Waals surface area contributed by atoms with Gasteiger partial charge >= 0.3 is 0 Å². The molecular weight excluding hydrogens is 256 g/mol. The second-order valence-corrected chi connectivity index (χ2v) is 4.92. The van der Waals surface area contributed by atoms with Crippen LogP contribution in [0, 0.1) is 10.1 Å². The van der Waals surface area contributed by atoms with Crippen molar-refractivity contribution in [2.45, 2.75) is 39.0 Å². The highest BCUT2D eigenvalue weighted by Crippen LogP contribution is 2.25. The van der Waals surface area contributed by atoms with Gasteiger partial charge in [-0.1, -0.05) is 26.2 Å². The molecule has 1 heterocycles. The number of Topliss-reactive ketones (excluding diaryl/α,β-unsaturated/α-hetero) is 1. The second-order valence-electron chi connectivity index (χ2n) is 4.92. The van der Waals surface area contributed by atoms with E-state index in [9.17, 15) is 14.9 Å². The summed E-state index contributed by atoms with van der Waals surface area (Å²) in [4.78, 5) is 25.5. The van der Waals surface area contributed by atoms with Gasteiger partial charge in [0.25, 0.3) is 5.69 Å². The highest BCUT2D eigenvalue weighted by Gasteiger charge is 2.15. The van der Waals surface area contributed by atoms with Gasteiger partial charge in [0.2, 0.25) is 0 Å². The molecule has 0 fully saturated rings. The number of nitrogens with zero attached hydrogens (tertiary/aromatic N) is 1. The number of H-pyrrole nitrogens is 1. The molecule has 0 saturated carbocycles. The minimum Gasteiger partial charge on any atom is -0.360 e. The number of fused-ring (bicyclic) bond motifs is 1. The summed E-state index contributed by atoms with van der Waals surface area (Å²) in [6.45, 7) is 2.13. The normalized spacial score (nSPS) is 10.8. The average Bonchev–Trinajstić information content (AvgIpc) is 2.86. The number of rotatable bonds is 7. The van der Waals surface area contributed by atoms with Crippen LogP contribution in [-0.2, 0) is 0 Å². The predicted molar refractivity (Wildman–Crippen MR) is 78.0 cm³/mol. The van der Waals surface area contributed by atoms with Crippen LogP contribution in [0.25, 0.3) is 10.9 Å². The zero-order chi connectivity index (χ0) is 14.5. The number of nitrogens with one attached hydrogen (secondary N) is 1. The van der Waals surface area contributed by atoms with Crippen molar-refractivity contribution >= 4 is 22.4 Å². The molecule has 0 aliphatic heterocycles. The molecule has 0 aliphatic carbocycles. The maximum absolute atomic E-state index is 12.2. The first-order valence-corrected chi connectivity index (χ1v) is 6.92. The van der Waals surface area contributed by atoms with Crippen molar-refractivity contribution in [2.75, 3.05) is 0 Å². The molecule has 5 nitrogen and oxygen atoms in total. The van der Waals surface area contributed by atoms with E-state index >= 15 is 0 Å². The molecule has 2 aromatic rings. The van der Waals surface area contributed by atoms with Crippen LogP contribution >= 0.6 is 0 Å². The first-order valence-electron chi connectivity index (χ1n) is 6.92. The van der Waals surface area contributed by atoms with E-state index < -0.39 is 4.92 Å². The van der Waals surface area contributed by atoms with Crippen molar-refractivity contribution < 1.29 is 9.72 Å². The van der Waals surface area contributed by atoms with Crippen LogP contribution in [0.5, 0.6) is 0 Å². The summed E-state index contributed by atoms with van der Waals surface area (Å²) >= 11 is 0. The molecule has 1 aromatic carbocycles. The molecular formula is C15H18N2O3. The minimum absolute atomic E-state index is 0.0112. The summed E-state index contributed by atoms with van der Waals surface area (Å²) in [7, 11) is 0. The Morgan fingerprint density at radius 2 is 2.10 bits per heavy atom. The van der Waals surface area contributed by atoms with Crippen molar-refractivity contribution in [1.82, 2.24) is 4.98 Å². The van der Waals surface area contributed by atoms with Crippen molar-refractivity contribution in [1.29, 1.82) is 0 Å². The standard InChI is InChI=1S/C15H18N2O3/c1-2-3-4-5-6-15(18)13-10-16-14-8-7-11(17(19)20)9-12(13)14/h7-10,16H,2-6H2,1H3. The predicted octanol–water partition coefficient (Wildman–Crippen LogP) is 4.23. The van der Waals surface area contributed by atoms with Gasteiger partial charge in [0.05, 0.1) is 4.92 Å². The number of aromatic amines is 1. The number of carbonyl (C=O) groups excluding carboxylic acids is 1. The third-order valence-electron chi connectivity index (χ3n) is 3.43. The lowest BCUT2D eigenvalue weighted by atomic mass is 10.0. The van der Waals surface area contributed by atoms with E-state index in [1.807, 2.05) is 0 Å². The van der Waals surface area contributed by atoms with Crippen LogP contribution in [0.4, 0.5) is 5.69 Å². The van der Waals surface area contributed by atoms with Crippen molar-refractivity contribution in [3.63, 3.8) is 0 Å². The van der Waals surface area contributed by atoms with Crippen molar-refractivity contribution in [3.8, 4) is 0 Å². The Bertz CT molecular complexity index is 631. The van der Waals surface area contributed by atoms with E-state index in [1.54, 1.807) is 12.3 Å². The summed E-state index contributed by atoms with van der Waals surface area (Å²) in [6, 6.07) is 4.54. The number of carbonyl (C=O) groups is 1. The van der Waals surface area contributed by atoms with E-state index in [0.29, 0.717) is 17.4 Å². The first kappa shape index (κ1) is 14.2. The third kappa shape index (κ3) is 3.04. The Hall–Kier alpha value is -2.17. The molecule has 2 rings (SSSR count). The Labute approximate surface area is 117 Å². The largest absolute Gasteiger partial charge is 0.360 e. The molecule has 1 N–H and O–H groups in total. The van der Waals surface area contributed by atoms with Crippen LogP contribution in [-0.4, -0.2) is 15.7 Å². The quantitative estimate of drug-likeness (QED) is 0.355. The Kier molecular flexibility index (Phi) is 4.50. The monoisotopic (exact) mass is 274 g/mol. The molecule has 0 spiro atoms. The number of benzene rings is 1. The highest BCUT2D eigenvalue weighted by atomic mass is 16.6. The fourth-order valence-corrected chi connectivity index (χ4v) is 2.30. The zero-order valence-electron chi connectivity index (χ0n) is 11.5. The summed E-state index contributed by atoms with van der Waals surface area (Å²) < 4.78 is 0. The molecule has 0 saturated heterocycles. The second kappa shape index (κ2) is 6.32. The van der Waals surface area contributed by atoms with Gasteiger partial charge in [-0.15, -0.1) is 0 Å². The van der Waals surface area contributed by atoms with Crippen molar-refractivity contribution in [3.05, 3.63) is 40.1 Å². The first-order chi connectivity index (χ1) is 9.63. The number of nitro groups is 1. The molecule has 5 heteroatoms. The zero-order valence-corrected chi connectivity index (χ0v) is 11.5. The fourth-order valence-electron chi connectivity index (χ4n) is 2.30. The smallest absolute Gasteiger partial charge is 0.270 e. The average molecular weight is 274 g/mol. The number of unbranched alkanes of at least 4 members (excludes halogenated alkanes) is 3. The maximum atomic E-state index is 12.2. The molecule has 106 valence electrons. The van der Waals surface area contributed by atoms with Gasteiger partial charge in [0.15, 0.2) is 5.78 Å². The van der Waals surface area contributed by atoms with Gasteiger partial charge in [-0.25, -0.2) is 0 Å². The van der Waals surface area contributed by atoms with E-state index in [2.05, 4.69) is 11.9 Å². The number of aromatic nitrogens is 1. The van der Waals surface area contributed by atoms with Crippen LogP contribution < -0.4 is 0 Å². The topological polar surface area (TPSA) is 76.0 Å². The van der Waals surface area contributed by atoms with Gasteiger partial charge in [0.1, 0.15) is 0 Å². The lowest BCUT2D eigenvalue weighted by molar-refractivity contribution is -0.384. The van der Waals surface area contributed by atoms with Crippen LogP contribution in [0.1, 0.15) is 49.4 Å². The minimum atomic E-state index is -0.443. The third-order valence-corrected chi connectivity index (χ3v) is 3.43. The van der Waals surface area contributed by atoms with Gasteiger partial charge in [-0.2, -0.15) is 0 Å². The summed E-state index contributed by atoms with van der Waals surface area (Å²) in [5.74, 6) is 0.0489. The number of hydrogen-bond donors (Lipinski definition) is 1. The Morgan fingerprint density at radius 3 is 2.80 bits per heavy atom. The Morgan fingerprint density at radius 1 is 1.30 bits per heavy atom. The molecule has 1 aromatic heterocycles.